The van der Waals surface area contributed by atoms with Crippen LogP contribution in [0.1, 0.15) is 37.2 Å². The largest absolute Gasteiger partial charge is 0.451 e. The van der Waals surface area contributed by atoms with Crippen molar-refractivity contribution >= 4 is 21.7 Å². The summed E-state index contributed by atoms with van der Waals surface area (Å²) >= 11 is 0. The van der Waals surface area contributed by atoms with E-state index >= 15 is 0 Å². The van der Waals surface area contributed by atoms with Gasteiger partial charge in [0.05, 0.1) is 11.5 Å². The Hall–Kier alpha value is -1.83. The molecule has 1 aliphatic rings. The number of hydrogen-bond donors (Lipinski definition) is 1. The number of carbonyl (C=O) groups excluding carboxylic acids is 2. The number of hydrogen-bond acceptors (Lipinski definition) is 5. The van der Waals surface area contributed by atoms with Crippen molar-refractivity contribution < 1.29 is 22.7 Å². The molecule has 128 valence electrons. The number of carbonyl (C=O) groups is 2. The van der Waals surface area contributed by atoms with Crippen LogP contribution in [0, 0.1) is 0 Å². The summed E-state index contributed by atoms with van der Waals surface area (Å²) in [6.07, 6.45) is 2.73. The molecule has 1 saturated heterocycles. The number of amides is 1. The molecule has 0 aromatic carbocycles. The number of rotatable bonds is 6. The highest BCUT2D eigenvalue weighted by atomic mass is 32.2. The van der Waals surface area contributed by atoms with Gasteiger partial charge in [-0.15, -0.1) is 0 Å². The van der Waals surface area contributed by atoms with E-state index in [2.05, 4.69) is 4.98 Å². The summed E-state index contributed by atoms with van der Waals surface area (Å²) in [5.74, 6) is -0.888. The number of sulfone groups is 1. The topological polar surface area (TPSA) is 96.5 Å². The SMILES string of the molecule is CC[C@H](C)N(C(=O)COC(=O)c1ccc[nH]1)[C@@H]1CCS(=O)(=O)C1. The molecular formula is C15H22N2O5S. The first-order valence-electron chi connectivity index (χ1n) is 7.66. The number of aromatic nitrogens is 1. The van der Waals surface area contributed by atoms with E-state index in [1.165, 1.54) is 0 Å². The molecule has 23 heavy (non-hydrogen) atoms. The van der Waals surface area contributed by atoms with Crippen molar-refractivity contribution in [3.8, 4) is 0 Å². The normalized spacial score (nSPS) is 20.9. The average Bonchev–Trinajstić information content (AvgIpc) is 3.14. The van der Waals surface area contributed by atoms with Gasteiger partial charge in [-0.3, -0.25) is 4.79 Å². The number of H-pyrrole nitrogens is 1. The first-order chi connectivity index (χ1) is 10.8. The molecule has 0 saturated carbocycles. The lowest BCUT2D eigenvalue weighted by molar-refractivity contribution is -0.138. The monoisotopic (exact) mass is 342 g/mol. The van der Waals surface area contributed by atoms with Crippen LogP contribution in [0.5, 0.6) is 0 Å². The van der Waals surface area contributed by atoms with Gasteiger partial charge in [-0.1, -0.05) is 6.92 Å². The molecule has 1 aromatic rings. The first kappa shape index (κ1) is 17.5. The molecule has 2 heterocycles. The number of aromatic amines is 1. The van der Waals surface area contributed by atoms with E-state index < -0.39 is 22.4 Å². The van der Waals surface area contributed by atoms with Crippen LogP contribution < -0.4 is 0 Å². The van der Waals surface area contributed by atoms with Crippen LogP contribution in [0.25, 0.3) is 0 Å². The fraction of sp³-hybridized carbons (Fsp3) is 0.600. The lowest BCUT2D eigenvalue weighted by Gasteiger charge is -2.33. The molecule has 0 bridgehead atoms. The average molecular weight is 342 g/mol. The van der Waals surface area contributed by atoms with Crippen LogP contribution in [0.15, 0.2) is 18.3 Å². The predicted molar refractivity (Wildman–Crippen MR) is 84.7 cm³/mol. The van der Waals surface area contributed by atoms with E-state index in [9.17, 15) is 18.0 Å². The van der Waals surface area contributed by atoms with Gasteiger partial charge in [0.25, 0.3) is 5.91 Å². The van der Waals surface area contributed by atoms with Crippen molar-refractivity contribution in [1.82, 2.24) is 9.88 Å². The van der Waals surface area contributed by atoms with Crippen molar-refractivity contribution in [2.75, 3.05) is 18.1 Å². The fourth-order valence-electron chi connectivity index (χ4n) is 2.74. The third kappa shape index (κ3) is 4.34. The van der Waals surface area contributed by atoms with Gasteiger partial charge in [-0.05, 0) is 31.9 Å². The van der Waals surface area contributed by atoms with Crippen LogP contribution >= 0.6 is 0 Å². The highest BCUT2D eigenvalue weighted by Crippen LogP contribution is 2.21. The molecule has 1 amide bonds. The Kier molecular flexibility index (Phi) is 5.46. The maximum Gasteiger partial charge on any atom is 0.355 e. The van der Waals surface area contributed by atoms with Gasteiger partial charge in [0.2, 0.25) is 0 Å². The Morgan fingerprint density at radius 2 is 2.22 bits per heavy atom. The molecule has 8 heteroatoms. The van der Waals surface area contributed by atoms with E-state index in [4.69, 9.17) is 4.74 Å². The number of esters is 1. The Morgan fingerprint density at radius 1 is 1.48 bits per heavy atom. The van der Waals surface area contributed by atoms with Crippen LogP contribution in [0.4, 0.5) is 0 Å². The van der Waals surface area contributed by atoms with Gasteiger partial charge in [-0.25, -0.2) is 13.2 Å². The number of ether oxygens (including phenoxy) is 1. The van der Waals surface area contributed by atoms with Crippen molar-refractivity contribution in [3.63, 3.8) is 0 Å². The van der Waals surface area contributed by atoms with Crippen molar-refractivity contribution in [2.24, 2.45) is 0 Å². The van der Waals surface area contributed by atoms with E-state index in [0.29, 0.717) is 12.8 Å². The molecule has 1 aliphatic heterocycles. The van der Waals surface area contributed by atoms with Gasteiger partial charge >= 0.3 is 5.97 Å². The molecule has 1 aromatic heterocycles. The predicted octanol–water partition coefficient (Wildman–Crippen LogP) is 0.986. The zero-order chi connectivity index (χ0) is 17.0. The standard InChI is InChI=1S/C15H22N2O5S/c1-3-11(2)17(12-6-8-23(20,21)10-12)14(18)9-22-15(19)13-5-4-7-16-13/h4-5,7,11-12,16H,3,6,8-10H2,1-2H3/t11-,12+/m0/s1. The zero-order valence-electron chi connectivity index (χ0n) is 13.3. The summed E-state index contributed by atoms with van der Waals surface area (Å²) in [4.78, 5) is 28.5. The summed E-state index contributed by atoms with van der Waals surface area (Å²) in [7, 11) is -3.09. The lowest BCUT2D eigenvalue weighted by Crippen LogP contribution is -2.48. The maximum atomic E-state index is 12.5. The van der Waals surface area contributed by atoms with E-state index in [1.807, 2.05) is 13.8 Å². The first-order valence-corrected chi connectivity index (χ1v) is 9.48. The molecular weight excluding hydrogens is 320 g/mol. The third-order valence-corrected chi connectivity index (χ3v) is 5.85. The smallest absolute Gasteiger partial charge is 0.355 e. The Morgan fingerprint density at radius 3 is 2.74 bits per heavy atom. The summed E-state index contributed by atoms with van der Waals surface area (Å²) < 4.78 is 28.4. The molecule has 0 spiro atoms. The van der Waals surface area contributed by atoms with Gasteiger partial charge in [0.1, 0.15) is 5.69 Å². The number of nitrogens with one attached hydrogen (secondary N) is 1. The molecule has 0 aliphatic carbocycles. The Balaban J connectivity index is 2.01. The van der Waals surface area contributed by atoms with Crippen molar-refractivity contribution in [2.45, 2.75) is 38.8 Å². The van der Waals surface area contributed by atoms with Crippen LogP contribution in [-0.2, 0) is 19.4 Å². The van der Waals surface area contributed by atoms with E-state index in [-0.39, 0.29) is 35.2 Å². The van der Waals surface area contributed by atoms with Crippen LogP contribution in [0.2, 0.25) is 0 Å². The Labute approximate surface area is 135 Å². The second-order valence-corrected chi connectivity index (χ2v) is 8.00. The van der Waals surface area contributed by atoms with Crippen molar-refractivity contribution in [1.29, 1.82) is 0 Å². The van der Waals surface area contributed by atoms with Crippen LogP contribution in [-0.4, -0.2) is 60.4 Å². The maximum absolute atomic E-state index is 12.5. The van der Waals surface area contributed by atoms with Gasteiger partial charge in [-0.2, -0.15) is 0 Å². The third-order valence-electron chi connectivity index (χ3n) is 4.10. The summed E-state index contributed by atoms with van der Waals surface area (Å²) in [6, 6.07) is 2.77. The highest BCUT2D eigenvalue weighted by Gasteiger charge is 2.36. The minimum absolute atomic E-state index is 0.0202. The second kappa shape index (κ2) is 7.16. The van der Waals surface area contributed by atoms with E-state index in [1.54, 1.807) is 23.2 Å². The Bertz CT molecular complexity index is 653. The van der Waals surface area contributed by atoms with E-state index in [0.717, 1.165) is 0 Å². The lowest BCUT2D eigenvalue weighted by atomic mass is 10.1. The summed E-state index contributed by atoms with van der Waals surface area (Å²) in [6.45, 7) is 3.41. The minimum atomic E-state index is -3.09. The molecule has 1 N–H and O–H groups in total. The van der Waals surface area contributed by atoms with Crippen molar-refractivity contribution in [3.05, 3.63) is 24.0 Å². The highest BCUT2D eigenvalue weighted by molar-refractivity contribution is 7.91. The molecule has 0 unspecified atom stereocenters. The summed E-state index contributed by atoms with van der Waals surface area (Å²) in [5, 5.41) is 0. The summed E-state index contributed by atoms with van der Waals surface area (Å²) in [5.41, 5.74) is 0.274. The minimum Gasteiger partial charge on any atom is -0.451 e. The molecule has 1 fully saturated rings. The second-order valence-electron chi connectivity index (χ2n) is 5.78. The molecule has 2 atom stereocenters. The quantitative estimate of drug-likeness (QED) is 0.778. The fourth-order valence-corrected chi connectivity index (χ4v) is 4.45. The number of nitrogens with zero attached hydrogens (tertiary/aromatic N) is 1. The van der Waals surface area contributed by atoms with Gasteiger partial charge in [0, 0.05) is 18.3 Å². The van der Waals surface area contributed by atoms with Gasteiger partial charge in [0.15, 0.2) is 16.4 Å². The molecule has 2 rings (SSSR count). The zero-order valence-corrected chi connectivity index (χ0v) is 14.1. The molecule has 7 nitrogen and oxygen atoms in total. The van der Waals surface area contributed by atoms with Gasteiger partial charge < -0.3 is 14.6 Å². The molecule has 0 radical (unpaired) electrons. The van der Waals surface area contributed by atoms with Crippen LogP contribution in [0.3, 0.4) is 0 Å².